The van der Waals surface area contributed by atoms with E-state index in [9.17, 15) is 4.39 Å². The van der Waals surface area contributed by atoms with Crippen molar-refractivity contribution in [2.75, 3.05) is 0 Å². The Hall–Kier alpha value is -1.68. The lowest BCUT2D eigenvalue weighted by Crippen LogP contribution is -1.92. The summed E-state index contributed by atoms with van der Waals surface area (Å²) in [7, 11) is 0. The Balaban J connectivity index is 1.91. The van der Waals surface area contributed by atoms with Crippen LogP contribution in [0.2, 0.25) is 0 Å². The van der Waals surface area contributed by atoms with E-state index in [1.807, 2.05) is 24.3 Å². The standard InChI is InChI=1S/C14H11BrFNO/c15-13-6-3-4-11(8-13)9-17-18-10-12-5-1-2-7-14(12)16/h1-9H,10H2. The third-order valence-electron chi connectivity index (χ3n) is 2.30. The van der Waals surface area contributed by atoms with Gasteiger partial charge in [0.25, 0.3) is 0 Å². The molecule has 92 valence electrons. The van der Waals surface area contributed by atoms with Crippen LogP contribution in [0.4, 0.5) is 4.39 Å². The van der Waals surface area contributed by atoms with Gasteiger partial charge in [0.05, 0.1) is 6.21 Å². The summed E-state index contributed by atoms with van der Waals surface area (Å²) >= 11 is 3.37. The molecule has 0 aliphatic carbocycles. The topological polar surface area (TPSA) is 21.6 Å². The van der Waals surface area contributed by atoms with Crippen LogP contribution in [0, 0.1) is 5.82 Å². The first kappa shape index (κ1) is 12.8. The highest BCUT2D eigenvalue weighted by atomic mass is 79.9. The molecule has 0 saturated heterocycles. The summed E-state index contributed by atoms with van der Waals surface area (Å²) in [5.74, 6) is -0.282. The first-order valence-electron chi connectivity index (χ1n) is 5.40. The van der Waals surface area contributed by atoms with Gasteiger partial charge in [-0.3, -0.25) is 0 Å². The van der Waals surface area contributed by atoms with Gasteiger partial charge in [-0.2, -0.15) is 0 Å². The van der Waals surface area contributed by atoms with Gasteiger partial charge in [0.1, 0.15) is 12.4 Å². The molecule has 0 aromatic heterocycles. The maximum atomic E-state index is 13.3. The van der Waals surface area contributed by atoms with Crippen LogP contribution in [0.3, 0.4) is 0 Å². The molecule has 2 rings (SSSR count). The molecule has 0 atom stereocenters. The molecule has 2 nitrogen and oxygen atoms in total. The number of hydrogen-bond acceptors (Lipinski definition) is 2. The molecule has 0 aliphatic rings. The number of nitrogens with zero attached hydrogens (tertiary/aromatic N) is 1. The van der Waals surface area contributed by atoms with E-state index < -0.39 is 0 Å². The Morgan fingerprint density at radius 1 is 1.17 bits per heavy atom. The zero-order valence-electron chi connectivity index (χ0n) is 9.51. The van der Waals surface area contributed by atoms with Crippen LogP contribution in [-0.4, -0.2) is 6.21 Å². The zero-order chi connectivity index (χ0) is 12.8. The number of rotatable bonds is 4. The molecule has 0 N–H and O–H groups in total. The number of halogens is 2. The fourth-order valence-electron chi connectivity index (χ4n) is 1.41. The fraction of sp³-hybridized carbons (Fsp3) is 0.0714. The molecule has 0 aliphatic heterocycles. The minimum Gasteiger partial charge on any atom is -0.391 e. The van der Waals surface area contributed by atoms with E-state index in [4.69, 9.17) is 4.84 Å². The van der Waals surface area contributed by atoms with Crippen molar-refractivity contribution in [3.8, 4) is 0 Å². The molecule has 0 unspecified atom stereocenters. The van der Waals surface area contributed by atoms with Gasteiger partial charge in [0, 0.05) is 10.0 Å². The molecule has 4 heteroatoms. The smallest absolute Gasteiger partial charge is 0.145 e. The highest BCUT2D eigenvalue weighted by Crippen LogP contribution is 2.10. The molecule has 2 aromatic carbocycles. The molecule has 0 fully saturated rings. The molecule has 0 saturated carbocycles. The van der Waals surface area contributed by atoms with Crippen LogP contribution in [0.1, 0.15) is 11.1 Å². The van der Waals surface area contributed by atoms with Gasteiger partial charge in [0.2, 0.25) is 0 Å². The molecular weight excluding hydrogens is 297 g/mol. The Bertz CT molecular complexity index is 557. The Labute approximate surface area is 113 Å². The number of oxime groups is 1. The monoisotopic (exact) mass is 307 g/mol. The average Bonchev–Trinajstić information content (AvgIpc) is 2.37. The number of benzene rings is 2. The molecule has 0 heterocycles. The second-order valence-electron chi connectivity index (χ2n) is 3.65. The maximum Gasteiger partial charge on any atom is 0.145 e. The van der Waals surface area contributed by atoms with Crippen molar-refractivity contribution in [3.63, 3.8) is 0 Å². The molecule has 2 aromatic rings. The van der Waals surface area contributed by atoms with Crippen molar-refractivity contribution < 1.29 is 9.23 Å². The van der Waals surface area contributed by atoms with Gasteiger partial charge >= 0.3 is 0 Å². The van der Waals surface area contributed by atoms with Crippen molar-refractivity contribution in [3.05, 3.63) is 69.9 Å². The summed E-state index contributed by atoms with van der Waals surface area (Å²) in [5, 5.41) is 3.81. The summed E-state index contributed by atoms with van der Waals surface area (Å²) in [5.41, 5.74) is 1.40. The summed E-state index contributed by atoms with van der Waals surface area (Å²) < 4.78 is 14.2. The van der Waals surface area contributed by atoms with E-state index in [1.54, 1.807) is 24.4 Å². The molecule has 0 bridgehead atoms. The predicted molar refractivity (Wildman–Crippen MR) is 72.9 cm³/mol. The third-order valence-corrected chi connectivity index (χ3v) is 2.80. The minimum atomic E-state index is -0.282. The molecule has 0 amide bonds. The van der Waals surface area contributed by atoms with Crippen LogP contribution in [0.25, 0.3) is 0 Å². The second kappa shape index (κ2) is 6.31. The van der Waals surface area contributed by atoms with Crippen molar-refractivity contribution in [2.24, 2.45) is 5.16 Å². The van der Waals surface area contributed by atoms with Crippen LogP contribution in [0.5, 0.6) is 0 Å². The van der Waals surface area contributed by atoms with Gasteiger partial charge in [-0.25, -0.2) is 4.39 Å². The third kappa shape index (κ3) is 3.67. The van der Waals surface area contributed by atoms with E-state index in [0.717, 1.165) is 10.0 Å². The largest absolute Gasteiger partial charge is 0.391 e. The van der Waals surface area contributed by atoms with Crippen LogP contribution in [0.15, 0.2) is 58.2 Å². The van der Waals surface area contributed by atoms with Crippen molar-refractivity contribution >= 4 is 22.1 Å². The lowest BCUT2D eigenvalue weighted by Gasteiger charge is -2.00. The molecule has 0 radical (unpaired) electrons. The summed E-state index contributed by atoms with van der Waals surface area (Å²) in [6, 6.07) is 14.1. The van der Waals surface area contributed by atoms with Crippen molar-refractivity contribution in [2.45, 2.75) is 6.61 Å². The van der Waals surface area contributed by atoms with Gasteiger partial charge in [-0.05, 0) is 23.8 Å². The molecular formula is C14H11BrFNO. The first-order chi connectivity index (χ1) is 8.75. The van der Waals surface area contributed by atoms with Crippen molar-refractivity contribution in [1.29, 1.82) is 0 Å². The SMILES string of the molecule is Fc1ccccc1CON=Cc1cccc(Br)c1. The predicted octanol–water partition coefficient (Wildman–Crippen LogP) is 4.14. The van der Waals surface area contributed by atoms with Crippen LogP contribution >= 0.6 is 15.9 Å². The summed E-state index contributed by atoms with van der Waals surface area (Å²) in [6.45, 7) is 0.122. The lowest BCUT2D eigenvalue weighted by molar-refractivity contribution is 0.129. The molecule has 0 spiro atoms. The number of hydrogen-bond donors (Lipinski definition) is 0. The van der Waals surface area contributed by atoms with E-state index in [0.29, 0.717) is 5.56 Å². The normalized spacial score (nSPS) is 10.8. The zero-order valence-corrected chi connectivity index (χ0v) is 11.1. The van der Waals surface area contributed by atoms with E-state index in [-0.39, 0.29) is 12.4 Å². The fourth-order valence-corrected chi connectivity index (χ4v) is 1.82. The van der Waals surface area contributed by atoms with Gasteiger partial charge < -0.3 is 4.84 Å². The van der Waals surface area contributed by atoms with Gasteiger partial charge in [-0.15, -0.1) is 0 Å². The highest BCUT2D eigenvalue weighted by Gasteiger charge is 1.99. The van der Waals surface area contributed by atoms with Gasteiger partial charge in [-0.1, -0.05) is 51.4 Å². The maximum absolute atomic E-state index is 13.3. The Morgan fingerprint density at radius 2 is 2.00 bits per heavy atom. The van der Waals surface area contributed by atoms with Crippen LogP contribution < -0.4 is 0 Å². The van der Waals surface area contributed by atoms with Crippen molar-refractivity contribution in [1.82, 2.24) is 0 Å². The lowest BCUT2D eigenvalue weighted by atomic mass is 10.2. The van der Waals surface area contributed by atoms with E-state index >= 15 is 0 Å². The van der Waals surface area contributed by atoms with Crippen LogP contribution in [-0.2, 0) is 11.4 Å². The highest BCUT2D eigenvalue weighted by molar-refractivity contribution is 9.10. The Morgan fingerprint density at radius 3 is 2.78 bits per heavy atom. The summed E-state index contributed by atoms with van der Waals surface area (Å²) in [6.07, 6.45) is 1.59. The van der Waals surface area contributed by atoms with Gasteiger partial charge in [0.15, 0.2) is 0 Å². The second-order valence-corrected chi connectivity index (χ2v) is 4.57. The first-order valence-corrected chi connectivity index (χ1v) is 6.19. The Kier molecular flexibility index (Phi) is 4.47. The van der Waals surface area contributed by atoms with E-state index in [2.05, 4.69) is 21.1 Å². The van der Waals surface area contributed by atoms with E-state index in [1.165, 1.54) is 6.07 Å². The quantitative estimate of drug-likeness (QED) is 0.614. The summed E-state index contributed by atoms with van der Waals surface area (Å²) in [4.78, 5) is 5.06. The minimum absolute atomic E-state index is 0.122. The average molecular weight is 308 g/mol. The molecule has 18 heavy (non-hydrogen) atoms.